The molecular weight excluding hydrogens is 1400 g/mol. The topological polar surface area (TPSA) is 237 Å². The Morgan fingerprint density at radius 1 is 0.269 bits per heavy atom. The van der Waals surface area contributed by atoms with Gasteiger partial charge in [0.25, 0.3) is 0 Å². The number of carbonyl (C=O) groups is 4. The van der Waals surface area contributed by atoms with E-state index in [2.05, 4.69) is 161 Å². The lowest BCUT2D eigenvalue weighted by atomic mass is 10.0. The molecule has 0 amide bonds. The van der Waals surface area contributed by atoms with E-state index in [9.17, 15) is 43.2 Å². The quantitative estimate of drug-likeness (QED) is 0.0169. The fraction of sp³-hybridized carbons (Fsp3) is 0.708. The van der Waals surface area contributed by atoms with Gasteiger partial charge < -0.3 is 33.8 Å². The molecule has 0 aliphatic carbocycles. The second-order valence-electron chi connectivity index (χ2n) is 28.0. The van der Waals surface area contributed by atoms with Crippen molar-refractivity contribution in [1.82, 2.24) is 0 Å². The Labute approximate surface area is 656 Å². The van der Waals surface area contributed by atoms with Crippen molar-refractivity contribution in [3.05, 3.63) is 134 Å². The molecule has 0 saturated carbocycles. The second-order valence-corrected chi connectivity index (χ2v) is 30.9. The standard InChI is InChI=1S/C89H152O17P2/c1-5-9-13-17-21-25-29-33-37-39-41-43-47-50-54-58-62-66-70-74-87(92)100-80-85(106-89(94)76-72-68-64-60-56-52-48-44-42-40-38-34-30-26-22-18-14-10-6-2)82-104-108(97,98)102-78-83(90)77-101-107(95,96)103-81-84(105-88(93)75-71-67-63-59-55-51-46-36-32-28-24-20-16-12-8-4)79-99-86(91)73-69-65-61-57-53-49-45-35-31-27-23-19-15-11-7-3/h9-11,13-15,21-23,25-27,33-35,37-38,41-45,83-85,90H,5-8,12,16-20,24,28-32,36,39-40,46-82H2,1-4H3,(H,95,96)(H,97,98)/b13-9-,14-10-,15-11-,25-21-,26-22-,27-23-,37-33-,38-34-,43-41-,44-42-,45-35-. The summed E-state index contributed by atoms with van der Waals surface area (Å²) in [6.45, 7) is 4.54. The minimum absolute atomic E-state index is 0.0723. The Morgan fingerprint density at radius 3 is 0.741 bits per heavy atom. The van der Waals surface area contributed by atoms with Crippen molar-refractivity contribution in [1.29, 1.82) is 0 Å². The Bertz CT molecular complexity index is 2560. The van der Waals surface area contributed by atoms with Gasteiger partial charge in [-0.15, -0.1) is 0 Å². The number of hydrogen-bond donors (Lipinski definition) is 3. The van der Waals surface area contributed by atoms with Crippen molar-refractivity contribution in [3.63, 3.8) is 0 Å². The molecule has 620 valence electrons. The number of aliphatic hydroxyl groups excluding tert-OH is 1. The molecule has 0 aromatic heterocycles. The largest absolute Gasteiger partial charge is 0.472 e. The smallest absolute Gasteiger partial charge is 0.462 e. The first kappa shape index (κ1) is 103. The molecule has 0 spiro atoms. The monoisotopic (exact) mass is 1560 g/mol. The summed E-state index contributed by atoms with van der Waals surface area (Å²) in [5, 5.41) is 10.7. The number of ether oxygens (including phenoxy) is 4. The predicted molar refractivity (Wildman–Crippen MR) is 445 cm³/mol. The van der Waals surface area contributed by atoms with Gasteiger partial charge >= 0.3 is 39.5 Å². The zero-order chi connectivity index (χ0) is 78.9. The summed E-state index contributed by atoms with van der Waals surface area (Å²) in [5.41, 5.74) is 0. The molecule has 0 aliphatic heterocycles. The van der Waals surface area contributed by atoms with Gasteiger partial charge in [-0.05, 0) is 135 Å². The number of phosphoric acid groups is 2. The third-order valence-corrected chi connectivity index (χ3v) is 19.5. The van der Waals surface area contributed by atoms with Crippen molar-refractivity contribution in [2.45, 2.75) is 367 Å². The molecule has 108 heavy (non-hydrogen) atoms. The summed E-state index contributed by atoms with van der Waals surface area (Å²) in [7, 11) is -9.98. The maximum Gasteiger partial charge on any atom is 0.472 e. The van der Waals surface area contributed by atoms with E-state index >= 15 is 0 Å². The molecule has 3 N–H and O–H groups in total. The zero-order valence-electron chi connectivity index (χ0n) is 68.0. The average Bonchev–Trinajstić information content (AvgIpc) is 0.896. The number of hydrogen-bond acceptors (Lipinski definition) is 15. The van der Waals surface area contributed by atoms with Gasteiger partial charge in [0.15, 0.2) is 12.2 Å². The van der Waals surface area contributed by atoms with Crippen LogP contribution in [0.4, 0.5) is 0 Å². The van der Waals surface area contributed by atoms with Gasteiger partial charge in [-0.2, -0.15) is 0 Å². The molecule has 0 bridgehead atoms. The Kier molecular flexibility index (Phi) is 76.7. The van der Waals surface area contributed by atoms with Crippen LogP contribution in [0.3, 0.4) is 0 Å². The lowest BCUT2D eigenvalue weighted by Crippen LogP contribution is -2.30. The van der Waals surface area contributed by atoms with Gasteiger partial charge in [-0.25, -0.2) is 9.13 Å². The summed E-state index contributed by atoms with van der Waals surface area (Å²) in [5.74, 6) is -2.21. The molecule has 5 unspecified atom stereocenters. The number of esters is 4. The number of carbonyl (C=O) groups excluding carboxylic acids is 4. The zero-order valence-corrected chi connectivity index (χ0v) is 69.8. The van der Waals surface area contributed by atoms with Crippen LogP contribution in [0, 0.1) is 0 Å². The van der Waals surface area contributed by atoms with E-state index in [0.29, 0.717) is 25.7 Å². The highest BCUT2D eigenvalue weighted by atomic mass is 31.2. The van der Waals surface area contributed by atoms with E-state index < -0.39 is 97.5 Å². The molecule has 0 saturated heterocycles. The van der Waals surface area contributed by atoms with Gasteiger partial charge in [0.2, 0.25) is 0 Å². The Hall–Kier alpha value is -4.80. The van der Waals surface area contributed by atoms with Crippen LogP contribution in [-0.2, 0) is 65.4 Å². The van der Waals surface area contributed by atoms with Gasteiger partial charge in [0.05, 0.1) is 26.4 Å². The normalized spacial score (nSPS) is 14.5. The maximum absolute atomic E-state index is 13.1. The maximum atomic E-state index is 13.1. The molecule has 19 heteroatoms. The van der Waals surface area contributed by atoms with Crippen LogP contribution in [0.15, 0.2) is 134 Å². The molecule has 0 heterocycles. The van der Waals surface area contributed by atoms with E-state index in [4.69, 9.17) is 37.0 Å². The fourth-order valence-corrected chi connectivity index (χ4v) is 12.9. The average molecular weight is 1560 g/mol. The molecule has 0 aromatic carbocycles. The van der Waals surface area contributed by atoms with E-state index in [1.165, 1.54) is 64.2 Å². The number of rotatable bonds is 79. The van der Waals surface area contributed by atoms with Gasteiger partial charge in [0, 0.05) is 25.7 Å². The van der Waals surface area contributed by atoms with E-state index in [0.717, 1.165) is 205 Å². The van der Waals surface area contributed by atoms with Crippen molar-refractivity contribution in [2.75, 3.05) is 39.6 Å². The molecule has 0 fully saturated rings. The third-order valence-electron chi connectivity index (χ3n) is 17.6. The highest BCUT2D eigenvalue weighted by Crippen LogP contribution is 2.45. The lowest BCUT2D eigenvalue weighted by molar-refractivity contribution is -0.161. The van der Waals surface area contributed by atoms with Crippen molar-refractivity contribution >= 4 is 39.5 Å². The SMILES string of the molecule is CC/C=C\C/C=C\C/C=C\C/C=C\CCCCCCCCC(=O)OCC(COP(=O)(O)OCC(O)COP(=O)(O)OCC(COC(=O)CCCCCCC/C=C\C/C=C\C/C=C\CC)OC(=O)CCCCCCCCCCCCCCCCC)OC(=O)CCCCCCCC/C=C\C/C=C\C/C=C\C/C=C\CC. The molecule has 0 rings (SSSR count). The van der Waals surface area contributed by atoms with Gasteiger partial charge in [0.1, 0.15) is 19.3 Å². The summed E-state index contributed by atoms with van der Waals surface area (Å²) in [6, 6.07) is 0. The molecule has 17 nitrogen and oxygen atoms in total. The van der Waals surface area contributed by atoms with Crippen LogP contribution in [0.25, 0.3) is 0 Å². The summed E-state index contributed by atoms with van der Waals surface area (Å²) in [4.78, 5) is 73.3. The number of unbranched alkanes of at least 4 members (excludes halogenated alkanes) is 31. The van der Waals surface area contributed by atoms with Crippen LogP contribution in [-0.4, -0.2) is 96.7 Å². The third kappa shape index (κ3) is 79.3. The van der Waals surface area contributed by atoms with Crippen LogP contribution >= 0.6 is 15.6 Å². The highest BCUT2D eigenvalue weighted by molar-refractivity contribution is 7.47. The molecule has 0 aliphatic rings. The van der Waals surface area contributed by atoms with Crippen molar-refractivity contribution in [3.8, 4) is 0 Å². The summed E-state index contributed by atoms with van der Waals surface area (Å²) in [6.07, 6.45) is 91.2. The highest BCUT2D eigenvalue weighted by Gasteiger charge is 2.30. The van der Waals surface area contributed by atoms with Crippen molar-refractivity contribution < 1.29 is 80.2 Å². The number of allylic oxidation sites excluding steroid dienone is 22. The van der Waals surface area contributed by atoms with Crippen LogP contribution in [0.1, 0.15) is 349 Å². The first-order valence-corrected chi connectivity index (χ1v) is 45.4. The lowest BCUT2D eigenvalue weighted by Gasteiger charge is -2.21. The van der Waals surface area contributed by atoms with Crippen LogP contribution in [0.5, 0.6) is 0 Å². The van der Waals surface area contributed by atoms with Gasteiger partial charge in [-0.1, -0.05) is 322 Å². The Balaban J connectivity index is 5.40. The van der Waals surface area contributed by atoms with Gasteiger partial charge in [-0.3, -0.25) is 37.3 Å². The fourth-order valence-electron chi connectivity index (χ4n) is 11.3. The minimum atomic E-state index is -4.99. The summed E-state index contributed by atoms with van der Waals surface area (Å²) < 4.78 is 68.8. The van der Waals surface area contributed by atoms with E-state index in [1.807, 2.05) is 0 Å². The first-order valence-electron chi connectivity index (χ1n) is 42.4. The minimum Gasteiger partial charge on any atom is -0.462 e. The molecule has 0 aromatic rings. The second kappa shape index (κ2) is 80.3. The first-order chi connectivity index (χ1) is 52.7. The van der Waals surface area contributed by atoms with E-state index in [1.54, 1.807) is 0 Å². The molecule has 0 radical (unpaired) electrons. The molecule has 5 atom stereocenters. The van der Waals surface area contributed by atoms with Crippen LogP contribution in [0.2, 0.25) is 0 Å². The van der Waals surface area contributed by atoms with Crippen molar-refractivity contribution in [2.24, 2.45) is 0 Å². The van der Waals surface area contributed by atoms with Crippen LogP contribution < -0.4 is 0 Å². The van der Waals surface area contributed by atoms with E-state index in [-0.39, 0.29) is 25.7 Å². The Morgan fingerprint density at radius 2 is 0.481 bits per heavy atom. The predicted octanol–water partition coefficient (Wildman–Crippen LogP) is 25.2. The summed E-state index contributed by atoms with van der Waals surface area (Å²) >= 11 is 0. The molecular formula is C89H152O17P2. The number of phosphoric ester groups is 2. The number of aliphatic hydroxyl groups is 1.